The molecular formula is C21H44O2S2Si2. The molecule has 160 valence electrons. The Morgan fingerprint density at radius 2 is 1.44 bits per heavy atom. The van der Waals surface area contributed by atoms with Crippen LogP contribution in [0.4, 0.5) is 0 Å². The van der Waals surface area contributed by atoms with Gasteiger partial charge in [-0.3, -0.25) is 0 Å². The molecule has 0 aromatic heterocycles. The van der Waals surface area contributed by atoms with Crippen LogP contribution in [-0.4, -0.2) is 45.4 Å². The van der Waals surface area contributed by atoms with Gasteiger partial charge in [0.25, 0.3) is 0 Å². The summed E-state index contributed by atoms with van der Waals surface area (Å²) in [5, 5.41) is 0.410. The Balaban J connectivity index is 3.05. The number of thioether (sulfide) groups is 2. The van der Waals surface area contributed by atoms with Gasteiger partial charge >= 0.3 is 0 Å². The van der Waals surface area contributed by atoms with E-state index in [9.17, 15) is 0 Å². The Morgan fingerprint density at radius 1 is 0.963 bits per heavy atom. The lowest BCUT2D eigenvalue weighted by Crippen LogP contribution is -2.50. The molecule has 1 heterocycles. The third kappa shape index (κ3) is 7.21. The van der Waals surface area contributed by atoms with Crippen molar-refractivity contribution in [3.8, 4) is 0 Å². The normalized spacial score (nSPS) is 20.4. The van der Waals surface area contributed by atoms with Crippen LogP contribution < -0.4 is 0 Å². The number of rotatable bonds is 8. The minimum atomic E-state index is -1.88. The molecule has 0 unspecified atom stereocenters. The van der Waals surface area contributed by atoms with Crippen molar-refractivity contribution in [2.24, 2.45) is 5.92 Å². The lowest BCUT2D eigenvalue weighted by molar-refractivity contribution is 0.0806. The topological polar surface area (TPSA) is 18.5 Å². The zero-order valence-electron chi connectivity index (χ0n) is 19.5. The molecule has 27 heavy (non-hydrogen) atoms. The first-order valence-electron chi connectivity index (χ1n) is 10.3. The van der Waals surface area contributed by atoms with Crippen LogP contribution in [0.5, 0.6) is 0 Å². The van der Waals surface area contributed by atoms with Crippen molar-refractivity contribution in [3.63, 3.8) is 0 Å². The maximum atomic E-state index is 6.95. The third-order valence-electron chi connectivity index (χ3n) is 6.54. The fraction of sp³-hybridized carbons (Fsp3) is 0.905. The van der Waals surface area contributed by atoms with Gasteiger partial charge in [0.15, 0.2) is 16.6 Å². The van der Waals surface area contributed by atoms with Crippen LogP contribution in [0, 0.1) is 5.92 Å². The van der Waals surface area contributed by atoms with Gasteiger partial charge in [0.2, 0.25) is 0 Å². The van der Waals surface area contributed by atoms with E-state index in [0.717, 1.165) is 0 Å². The van der Waals surface area contributed by atoms with E-state index in [0.29, 0.717) is 17.1 Å². The van der Waals surface area contributed by atoms with Gasteiger partial charge in [-0.05, 0) is 54.2 Å². The molecule has 0 saturated carbocycles. The Kier molecular flexibility index (Phi) is 9.31. The minimum absolute atomic E-state index is 0.0978. The first kappa shape index (κ1) is 25.8. The summed E-state index contributed by atoms with van der Waals surface area (Å²) in [6.07, 6.45) is 3.55. The van der Waals surface area contributed by atoms with Gasteiger partial charge in [-0.1, -0.05) is 47.6 Å². The van der Waals surface area contributed by atoms with E-state index in [1.807, 2.05) is 0 Å². The highest BCUT2D eigenvalue weighted by molar-refractivity contribution is 8.17. The van der Waals surface area contributed by atoms with E-state index in [1.165, 1.54) is 17.9 Å². The van der Waals surface area contributed by atoms with Gasteiger partial charge in [0, 0.05) is 5.92 Å². The third-order valence-corrected chi connectivity index (χ3v) is 18.7. The zero-order chi connectivity index (χ0) is 21.1. The summed E-state index contributed by atoms with van der Waals surface area (Å²) in [4.78, 5) is 0. The summed E-state index contributed by atoms with van der Waals surface area (Å²) >= 11 is 4.16. The summed E-state index contributed by atoms with van der Waals surface area (Å²) in [5.41, 5.74) is 0. The molecule has 6 heteroatoms. The molecule has 0 aliphatic carbocycles. The molecule has 0 spiro atoms. The van der Waals surface area contributed by atoms with E-state index in [1.54, 1.807) is 0 Å². The Hall–Kier alpha value is 0.794. The minimum Gasteiger partial charge on any atom is -0.414 e. The molecule has 2 atom stereocenters. The predicted molar refractivity (Wildman–Crippen MR) is 132 cm³/mol. The Labute approximate surface area is 180 Å². The largest absolute Gasteiger partial charge is 0.414 e. The van der Waals surface area contributed by atoms with Gasteiger partial charge in [-0.25, -0.2) is 0 Å². The lowest BCUT2D eigenvalue weighted by Gasteiger charge is -2.44. The first-order valence-corrected chi connectivity index (χ1v) is 18.2. The summed E-state index contributed by atoms with van der Waals surface area (Å²) in [6, 6.07) is 0. The Morgan fingerprint density at radius 3 is 1.85 bits per heavy atom. The lowest BCUT2D eigenvalue weighted by atomic mass is 10.1. The van der Waals surface area contributed by atoms with Crippen LogP contribution in [0.3, 0.4) is 0 Å². The quantitative estimate of drug-likeness (QED) is 0.284. The van der Waals surface area contributed by atoms with Crippen LogP contribution >= 0.6 is 23.5 Å². The van der Waals surface area contributed by atoms with Crippen LogP contribution in [0.15, 0.2) is 12.7 Å². The van der Waals surface area contributed by atoms with Crippen molar-refractivity contribution in [2.75, 3.05) is 18.1 Å². The molecule has 0 N–H and O–H groups in total. The van der Waals surface area contributed by atoms with E-state index in [4.69, 9.17) is 8.85 Å². The standard InChI is InChI=1S/C21H44O2S2Si2/c1-12-17(19-24-14-13-15-25-19)18(23-27(10,11)21(5,6)7)16-22-26(8,9)20(2,3)4/h12,17-19H,1,13-16H2,2-11H3/t17-,18+/m1/s1. The average molecular weight is 449 g/mol. The summed E-state index contributed by atoms with van der Waals surface area (Å²) in [5.74, 6) is 2.83. The van der Waals surface area contributed by atoms with Gasteiger partial charge in [-0.15, -0.1) is 30.1 Å². The molecule has 0 radical (unpaired) electrons. The smallest absolute Gasteiger partial charge is 0.192 e. The SMILES string of the molecule is C=C[C@@H](C1SCCCS1)[C@H](CO[Si](C)(C)C(C)(C)C)O[Si](C)(C)C(C)(C)C. The van der Waals surface area contributed by atoms with E-state index < -0.39 is 16.6 Å². The molecule has 1 aliphatic rings. The fourth-order valence-electron chi connectivity index (χ4n) is 2.45. The highest BCUT2D eigenvalue weighted by atomic mass is 32.2. The number of hydrogen-bond donors (Lipinski definition) is 0. The van der Waals surface area contributed by atoms with E-state index >= 15 is 0 Å². The van der Waals surface area contributed by atoms with Crippen molar-refractivity contribution >= 4 is 40.2 Å². The van der Waals surface area contributed by atoms with Crippen LogP contribution in [0.1, 0.15) is 48.0 Å². The monoisotopic (exact) mass is 448 g/mol. The van der Waals surface area contributed by atoms with Gasteiger partial charge in [-0.2, -0.15) is 0 Å². The predicted octanol–water partition coefficient (Wildman–Crippen LogP) is 7.40. The van der Waals surface area contributed by atoms with Crippen molar-refractivity contribution in [2.45, 2.75) is 94.9 Å². The van der Waals surface area contributed by atoms with Crippen LogP contribution in [0.25, 0.3) is 0 Å². The van der Waals surface area contributed by atoms with Gasteiger partial charge in [0.1, 0.15) is 0 Å². The first-order chi connectivity index (χ1) is 12.1. The van der Waals surface area contributed by atoms with E-state index in [-0.39, 0.29) is 16.2 Å². The summed E-state index contributed by atoms with van der Waals surface area (Å²) < 4.78 is 14.1. The average Bonchev–Trinajstić information content (AvgIpc) is 2.52. The zero-order valence-corrected chi connectivity index (χ0v) is 23.1. The van der Waals surface area contributed by atoms with Crippen molar-refractivity contribution in [1.82, 2.24) is 0 Å². The van der Waals surface area contributed by atoms with Crippen molar-refractivity contribution in [1.29, 1.82) is 0 Å². The van der Waals surface area contributed by atoms with Crippen LogP contribution in [-0.2, 0) is 8.85 Å². The second kappa shape index (κ2) is 9.73. The molecule has 1 fully saturated rings. The van der Waals surface area contributed by atoms with Gasteiger partial charge in [0.05, 0.1) is 17.3 Å². The maximum absolute atomic E-state index is 6.95. The molecule has 0 amide bonds. The molecular weight excluding hydrogens is 405 g/mol. The fourth-order valence-corrected chi connectivity index (χ4v) is 8.05. The van der Waals surface area contributed by atoms with Crippen molar-refractivity contribution in [3.05, 3.63) is 12.7 Å². The van der Waals surface area contributed by atoms with Gasteiger partial charge < -0.3 is 8.85 Å². The van der Waals surface area contributed by atoms with E-state index in [2.05, 4.69) is 104 Å². The Bertz CT molecular complexity index is 476. The molecule has 0 aromatic carbocycles. The molecule has 1 aliphatic heterocycles. The van der Waals surface area contributed by atoms with Crippen molar-refractivity contribution < 1.29 is 8.85 Å². The highest BCUT2D eigenvalue weighted by Gasteiger charge is 2.44. The highest BCUT2D eigenvalue weighted by Crippen LogP contribution is 2.43. The molecule has 1 saturated heterocycles. The summed E-state index contributed by atoms with van der Waals surface area (Å²) in [6.45, 7) is 28.2. The second-order valence-corrected chi connectivity index (χ2v) is 23.1. The number of hydrogen-bond acceptors (Lipinski definition) is 4. The second-order valence-electron chi connectivity index (χ2n) is 10.8. The molecule has 1 rings (SSSR count). The molecule has 2 nitrogen and oxygen atoms in total. The molecule has 0 bridgehead atoms. The molecule has 0 aromatic rings. The summed E-state index contributed by atoms with van der Waals surface area (Å²) in [7, 11) is -3.69. The maximum Gasteiger partial charge on any atom is 0.192 e. The van der Waals surface area contributed by atoms with Crippen LogP contribution in [0.2, 0.25) is 36.3 Å².